The van der Waals surface area contributed by atoms with Crippen molar-refractivity contribution in [3.8, 4) is 0 Å². The molecule has 0 fully saturated rings. The highest BCUT2D eigenvalue weighted by molar-refractivity contribution is 5.97. The van der Waals surface area contributed by atoms with E-state index in [1.165, 1.54) is 12.7 Å². The number of aliphatic hydroxyl groups excluding tert-OH is 1. The smallest absolute Gasteiger partial charge is 0.180 e. The molecule has 0 amide bonds. The SMILES string of the molecule is O=Cc1c(C(O)c2cocn2)oc2ccccc12. The van der Waals surface area contributed by atoms with Gasteiger partial charge in [0.25, 0.3) is 0 Å². The van der Waals surface area contributed by atoms with Crippen LogP contribution < -0.4 is 0 Å². The standard InChI is InChI=1S/C13H9NO4/c15-5-9-8-3-1-2-4-11(8)18-13(9)12(16)10-6-17-7-14-10/h1-7,12,16H. The van der Waals surface area contributed by atoms with E-state index in [0.29, 0.717) is 28.5 Å². The molecule has 3 rings (SSSR count). The number of hydrogen-bond acceptors (Lipinski definition) is 5. The van der Waals surface area contributed by atoms with Crippen LogP contribution in [0.1, 0.15) is 27.9 Å². The van der Waals surface area contributed by atoms with Crippen molar-refractivity contribution in [2.24, 2.45) is 0 Å². The molecule has 2 heterocycles. The molecule has 2 aromatic heterocycles. The van der Waals surface area contributed by atoms with Crippen LogP contribution in [0.15, 0.2) is 45.8 Å². The van der Waals surface area contributed by atoms with Crippen LogP contribution in [0.3, 0.4) is 0 Å². The fraction of sp³-hybridized carbons (Fsp3) is 0.0769. The molecule has 0 spiro atoms. The summed E-state index contributed by atoms with van der Waals surface area (Å²) in [5.74, 6) is 0.181. The first-order valence-corrected chi connectivity index (χ1v) is 5.34. The second kappa shape index (κ2) is 4.12. The minimum Gasteiger partial charge on any atom is -0.457 e. The van der Waals surface area contributed by atoms with Crippen molar-refractivity contribution in [2.45, 2.75) is 6.10 Å². The average molecular weight is 243 g/mol. The van der Waals surface area contributed by atoms with Gasteiger partial charge in [0.2, 0.25) is 0 Å². The summed E-state index contributed by atoms with van der Waals surface area (Å²) in [5, 5.41) is 10.8. The molecule has 0 aliphatic carbocycles. The van der Waals surface area contributed by atoms with Crippen LogP contribution >= 0.6 is 0 Å². The lowest BCUT2D eigenvalue weighted by Crippen LogP contribution is -2.01. The summed E-state index contributed by atoms with van der Waals surface area (Å²) in [6, 6.07) is 7.10. The first-order valence-electron chi connectivity index (χ1n) is 5.34. The zero-order valence-corrected chi connectivity index (χ0v) is 9.24. The van der Waals surface area contributed by atoms with Crippen LogP contribution in [-0.2, 0) is 0 Å². The first-order chi connectivity index (χ1) is 8.81. The Morgan fingerprint density at radius 1 is 1.33 bits per heavy atom. The Morgan fingerprint density at radius 2 is 2.17 bits per heavy atom. The van der Waals surface area contributed by atoms with Crippen LogP contribution in [0.5, 0.6) is 0 Å². The summed E-state index contributed by atoms with van der Waals surface area (Å²) in [6.07, 6.45) is 2.08. The van der Waals surface area contributed by atoms with Crippen molar-refractivity contribution in [3.63, 3.8) is 0 Å². The van der Waals surface area contributed by atoms with Crippen LogP contribution in [-0.4, -0.2) is 16.4 Å². The molecular weight excluding hydrogens is 234 g/mol. The molecule has 0 radical (unpaired) electrons. The quantitative estimate of drug-likeness (QED) is 0.714. The predicted octanol–water partition coefficient (Wildman–Crippen LogP) is 2.32. The maximum Gasteiger partial charge on any atom is 0.180 e. The lowest BCUT2D eigenvalue weighted by molar-refractivity contribution is 0.111. The van der Waals surface area contributed by atoms with E-state index in [2.05, 4.69) is 4.98 Å². The normalized spacial score (nSPS) is 12.7. The van der Waals surface area contributed by atoms with Gasteiger partial charge < -0.3 is 13.9 Å². The Hall–Kier alpha value is -2.40. The highest BCUT2D eigenvalue weighted by Gasteiger charge is 2.23. The maximum absolute atomic E-state index is 11.2. The van der Waals surface area contributed by atoms with Gasteiger partial charge in [-0.25, -0.2) is 4.98 Å². The third kappa shape index (κ3) is 1.53. The number of benzene rings is 1. The molecule has 1 N–H and O–H groups in total. The van der Waals surface area contributed by atoms with E-state index < -0.39 is 6.10 Å². The molecule has 1 atom stereocenters. The minimum absolute atomic E-state index is 0.181. The molecule has 90 valence electrons. The van der Waals surface area contributed by atoms with Gasteiger partial charge in [0.15, 0.2) is 24.5 Å². The summed E-state index contributed by atoms with van der Waals surface area (Å²) in [4.78, 5) is 15.0. The minimum atomic E-state index is -1.11. The molecule has 18 heavy (non-hydrogen) atoms. The van der Waals surface area contributed by atoms with Gasteiger partial charge in [0.05, 0.1) is 5.56 Å². The Kier molecular flexibility index (Phi) is 2.46. The fourth-order valence-electron chi connectivity index (χ4n) is 1.90. The van der Waals surface area contributed by atoms with Crippen molar-refractivity contribution in [3.05, 3.63) is 53.9 Å². The van der Waals surface area contributed by atoms with Crippen LogP contribution in [0.25, 0.3) is 11.0 Å². The second-order valence-electron chi connectivity index (χ2n) is 3.81. The first kappa shape index (κ1) is 10.7. The number of aliphatic hydroxyl groups is 1. The van der Waals surface area contributed by atoms with E-state index in [0.717, 1.165) is 0 Å². The number of fused-ring (bicyclic) bond motifs is 1. The number of hydrogen-bond donors (Lipinski definition) is 1. The van der Waals surface area contributed by atoms with Gasteiger partial charge in [-0.15, -0.1) is 0 Å². The van der Waals surface area contributed by atoms with E-state index in [1.54, 1.807) is 24.3 Å². The summed E-state index contributed by atoms with van der Waals surface area (Å²) >= 11 is 0. The molecule has 0 bridgehead atoms. The number of aromatic nitrogens is 1. The number of para-hydroxylation sites is 1. The number of aldehydes is 1. The molecule has 3 aromatic rings. The van der Waals surface area contributed by atoms with Gasteiger partial charge in [-0.1, -0.05) is 18.2 Å². The Labute approximate surface area is 102 Å². The van der Waals surface area contributed by atoms with Crippen molar-refractivity contribution < 1.29 is 18.7 Å². The van der Waals surface area contributed by atoms with Gasteiger partial charge in [0.1, 0.15) is 17.5 Å². The van der Waals surface area contributed by atoms with Crippen molar-refractivity contribution in [2.75, 3.05) is 0 Å². The highest BCUT2D eigenvalue weighted by Crippen LogP contribution is 2.31. The Bertz CT molecular complexity index is 684. The monoisotopic (exact) mass is 243 g/mol. The lowest BCUT2D eigenvalue weighted by atomic mass is 10.1. The van der Waals surface area contributed by atoms with Gasteiger partial charge in [0, 0.05) is 5.39 Å². The summed E-state index contributed by atoms with van der Waals surface area (Å²) in [6.45, 7) is 0. The third-order valence-electron chi connectivity index (χ3n) is 2.76. The highest BCUT2D eigenvalue weighted by atomic mass is 16.4. The molecule has 5 heteroatoms. The number of rotatable bonds is 3. The number of carbonyl (C=O) groups excluding carboxylic acids is 1. The maximum atomic E-state index is 11.2. The summed E-state index contributed by atoms with van der Waals surface area (Å²) in [5.41, 5.74) is 1.19. The summed E-state index contributed by atoms with van der Waals surface area (Å²) < 4.78 is 10.3. The van der Waals surface area contributed by atoms with E-state index in [-0.39, 0.29) is 5.76 Å². The molecule has 5 nitrogen and oxygen atoms in total. The molecule has 1 aromatic carbocycles. The lowest BCUT2D eigenvalue weighted by Gasteiger charge is -2.03. The van der Waals surface area contributed by atoms with E-state index in [4.69, 9.17) is 8.83 Å². The Balaban J connectivity index is 2.20. The molecule has 0 saturated carbocycles. The van der Waals surface area contributed by atoms with Crippen LogP contribution in [0, 0.1) is 0 Å². The molecule has 1 unspecified atom stereocenters. The van der Waals surface area contributed by atoms with Gasteiger partial charge in [-0.05, 0) is 6.07 Å². The van der Waals surface area contributed by atoms with Crippen LogP contribution in [0.2, 0.25) is 0 Å². The number of carbonyl (C=O) groups is 1. The van der Waals surface area contributed by atoms with Crippen molar-refractivity contribution in [1.29, 1.82) is 0 Å². The van der Waals surface area contributed by atoms with E-state index >= 15 is 0 Å². The molecule has 0 aliphatic heterocycles. The molecule has 0 aliphatic rings. The van der Waals surface area contributed by atoms with Crippen molar-refractivity contribution >= 4 is 17.3 Å². The second-order valence-corrected chi connectivity index (χ2v) is 3.81. The van der Waals surface area contributed by atoms with E-state index in [9.17, 15) is 9.90 Å². The predicted molar refractivity (Wildman–Crippen MR) is 62.2 cm³/mol. The number of furan rings is 1. The molecule has 0 saturated heterocycles. The van der Waals surface area contributed by atoms with Crippen molar-refractivity contribution in [1.82, 2.24) is 4.98 Å². The number of oxazole rings is 1. The fourth-order valence-corrected chi connectivity index (χ4v) is 1.90. The largest absolute Gasteiger partial charge is 0.457 e. The summed E-state index contributed by atoms with van der Waals surface area (Å²) in [7, 11) is 0. The zero-order chi connectivity index (χ0) is 12.5. The Morgan fingerprint density at radius 3 is 2.89 bits per heavy atom. The number of nitrogens with zero attached hydrogens (tertiary/aromatic N) is 1. The topological polar surface area (TPSA) is 76.5 Å². The van der Waals surface area contributed by atoms with Gasteiger partial charge >= 0.3 is 0 Å². The van der Waals surface area contributed by atoms with Gasteiger partial charge in [-0.2, -0.15) is 0 Å². The third-order valence-corrected chi connectivity index (χ3v) is 2.76. The van der Waals surface area contributed by atoms with Gasteiger partial charge in [-0.3, -0.25) is 4.79 Å². The zero-order valence-electron chi connectivity index (χ0n) is 9.24. The van der Waals surface area contributed by atoms with E-state index in [1.807, 2.05) is 0 Å². The molecular formula is C13H9NO4. The average Bonchev–Trinajstić information content (AvgIpc) is 3.04. The van der Waals surface area contributed by atoms with Crippen LogP contribution in [0.4, 0.5) is 0 Å².